The van der Waals surface area contributed by atoms with E-state index in [9.17, 15) is 9.59 Å². The first-order valence-corrected chi connectivity index (χ1v) is 6.55. The van der Waals surface area contributed by atoms with Crippen LogP contribution in [0.25, 0.3) is 0 Å². The lowest BCUT2D eigenvalue weighted by Gasteiger charge is -2.13. The molecule has 0 aliphatic carbocycles. The summed E-state index contributed by atoms with van der Waals surface area (Å²) in [4.78, 5) is 24.6. The second-order valence-corrected chi connectivity index (χ2v) is 4.56. The van der Waals surface area contributed by atoms with Crippen molar-refractivity contribution in [2.75, 3.05) is 24.6 Å². The average molecular weight is 278 g/mol. The highest BCUT2D eigenvalue weighted by atomic mass is 16.6. The minimum absolute atomic E-state index is 0.243. The Balaban J connectivity index is 1.92. The van der Waals surface area contributed by atoms with Crippen molar-refractivity contribution in [3.8, 4) is 0 Å². The van der Waals surface area contributed by atoms with Crippen LogP contribution in [0.3, 0.4) is 0 Å². The van der Waals surface area contributed by atoms with Gasteiger partial charge in [-0.15, -0.1) is 0 Å². The van der Waals surface area contributed by atoms with Crippen LogP contribution in [0.1, 0.15) is 12.5 Å². The summed E-state index contributed by atoms with van der Waals surface area (Å²) in [5, 5.41) is 2.56. The van der Waals surface area contributed by atoms with Gasteiger partial charge in [-0.2, -0.15) is 0 Å². The Bertz CT molecular complexity index is 504. The highest BCUT2D eigenvalue weighted by Crippen LogP contribution is 2.22. The number of carbonyl (C=O) groups excluding carboxylic acids is 2. The number of hydrogen-bond acceptors (Lipinski definition) is 4. The van der Waals surface area contributed by atoms with E-state index in [2.05, 4.69) is 5.32 Å². The van der Waals surface area contributed by atoms with Gasteiger partial charge in [0.05, 0.1) is 19.7 Å². The van der Waals surface area contributed by atoms with Crippen LogP contribution in [0.2, 0.25) is 0 Å². The van der Waals surface area contributed by atoms with Gasteiger partial charge in [-0.3, -0.25) is 4.90 Å². The molecule has 2 rings (SSSR count). The van der Waals surface area contributed by atoms with Crippen LogP contribution in [-0.4, -0.2) is 38.0 Å². The molecule has 0 aromatic heterocycles. The quantitative estimate of drug-likeness (QED) is 0.915. The van der Waals surface area contributed by atoms with E-state index in [1.807, 2.05) is 31.2 Å². The summed E-state index contributed by atoms with van der Waals surface area (Å²) in [6.45, 7) is 4.66. The maximum absolute atomic E-state index is 11.8. The number of aryl methyl sites for hydroxylation is 1. The molecule has 1 N–H and O–H groups in total. The minimum Gasteiger partial charge on any atom is -0.450 e. The molecule has 6 nitrogen and oxygen atoms in total. The van der Waals surface area contributed by atoms with Gasteiger partial charge >= 0.3 is 12.2 Å². The number of anilines is 1. The van der Waals surface area contributed by atoms with Crippen LogP contribution in [0.15, 0.2) is 24.3 Å². The van der Waals surface area contributed by atoms with Gasteiger partial charge in [0, 0.05) is 5.69 Å². The maximum atomic E-state index is 11.8. The second-order valence-electron chi connectivity index (χ2n) is 4.56. The molecule has 1 fully saturated rings. The lowest BCUT2D eigenvalue weighted by atomic mass is 10.2. The lowest BCUT2D eigenvalue weighted by Crippen LogP contribution is -2.34. The molecule has 0 spiro atoms. The SMILES string of the molecule is CCOC(=O)NCC1CN(c2cccc(C)c2)C(=O)O1. The van der Waals surface area contributed by atoms with E-state index in [4.69, 9.17) is 9.47 Å². The number of rotatable bonds is 4. The Morgan fingerprint density at radius 3 is 3.05 bits per heavy atom. The van der Waals surface area contributed by atoms with E-state index in [0.29, 0.717) is 13.2 Å². The largest absolute Gasteiger partial charge is 0.450 e. The molecule has 0 radical (unpaired) electrons. The number of alkyl carbamates (subject to hydrolysis) is 1. The van der Waals surface area contributed by atoms with Crippen molar-refractivity contribution in [1.82, 2.24) is 5.32 Å². The number of carbonyl (C=O) groups is 2. The summed E-state index contributed by atoms with van der Waals surface area (Å²) in [6, 6.07) is 7.63. The number of hydrogen-bond donors (Lipinski definition) is 1. The third kappa shape index (κ3) is 3.40. The smallest absolute Gasteiger partial charge is 0.414 e. The van der Waals surface area contributed by atoms with Gasteiger partial charge < -0.3 is 14.8 Å². The van der Waals surface area contributed by atoms with E-state index in [1.165, 1.54) is 0 Å². The summed E-state index contributed by atoms with van der Waals surface area (Å²) < 4.78 is 9.97. The zero-order valence-electron chi connectivity index (χ0n) is 11.6. The second kappa shape index (κ2) is 6.27. The fourth-order valence-corrected chi connectivity index (χ4v) is 2.01. The predicted octanol–water partition coefficient (Wildman–Crippen LogP) is 2.07. The van der Waals surface area contributed by atoms with Crippen molar-refractivity contribution < 1.29 is 19.1 Å². The van der Waals surface area contributed by atoms with Crippen molar-refractivity contribution in [2.45, 2.75) is 20.0 Å². The van der Waals surface area contributed by atoms with Crippen LogP contribution in [0.4, 0.5) is 15.3 Å². The molecule has 1 aromatic rings. The summed E-state index contributed by atoms with van der Waals surface area (Å²) in [5.41, 5.74) is 1.87. The number of nitrogens with zero attached hydrogens (tertiary/aromatic N) is 1. The number of benzene rings is 1. The highest BCUT2D eigenvalue weighted by Gasteiger charge is 2.32. The van der Waals surface area contributed by atoms with Crippen molar-refractivity contribution in [3.05, 3.63) is 29.8 Å². The third-order valence-electron chi connectivity index (χ3n) is 2.94. The number of amides is 2. The Labute approximate surface area is 117 Å². The van der Waals surface area contributed by atoms with Gasteiger partial charge in [0.1, 0.15) is 6.10 Å². The third-order valence-corrected chi connectivity index (χ3v) is 2.94. The van der Waals surface area contributed by atoms with E-state index in [1.54, 1.807) is 11.8 Å². The first-order chi connectivity index (χ1) is 9.60. The minimum atomic E-state index is -0.502. The molecule has 0 saturated carbocycles. The van der Waals surface area contributed by atoms with Crippen molar-refractivity contribution in [1.29, 1.82) is 0 Å². The fraction of sp³-hybridized carbons (Fsp3) is 0.429. The zero-order chi connectivity index (χ0) is 14.5. The van der Waals surface area contributed by atoms with Crippen LogP contribution >= 0.6 is 0 Å². The fourth-order valence-electron chi connectivity index (χ4n) is 2.01. The Morgan fingerprint density at radius 2 is 2.35 bits per heavy atom. The van der Waals surface area contributed by atoms with E-state index >= 15 is 0 Å². The van der Waals surface area contributed by atoms with Gasteiger partial charge in [-0.1, -0.05) is 12.1 Å². The lowest BCUT2D eigenvalue weighted by molar-refractivity contribution is 0.127. The molecule has 1 heterocycles. The first kappa shape index (κ1) is 14.2. The average Bonchev–Trinajstić information content (AvgIpc) is 2.78. The van der Waals surface area contributed by atoms with Crippen molar-refractivity contribution in [2.24, 2.45) is 0 Å². The van der Waals surface area contributed by atoms with Crippen LogP contribution < -0.4 is 10.2 Å². The molecular weight excluding hydrogens is 260 g/mol. The van der Waals surface area contributed by atoms with Gasteiger partial charge in [0.25, 0.3) is 0 Å². The van der Waals surface area contributed by atoms with Gasteiger partial charge in [-0.05, 0) is 31.5 Å². The van der Waals surface area contributed by atoms with Crippen molar-refractivity contribution >= 4 is 17.9 Å². The molecule has 1 unspecified atom stereocenters. The first-order valence-electron chi connectivity index (χ1n) is 6.55. The monoisotopic (exact) mass is 278 g/mol. The molecule has 1 saturated heterocycles. The summed E-state index contributed by atoms with van der Waals surface area (Å²) in [5.74, 6) is 0. The summed E-state index contributed by atoms with van der Waals surface area (Å²) in [7, 11) is 0. The van der Waals surface area contributed by atoms with Gasteiger partial charge in [-0.25, -0.2) is 9.59 Å². The maximum Gasteiger partial charge on any atom is 0.414 e. The molecule has 6 heteroatoms. The summed E-state index contributed by atoms with van der Waals surface area (Å²) >= 11 is 0. The molecule has 2 amide bonds. The molecule has 1 aromatic carbocycles. The number of nitrogens with one attached hydrogen (secondary N) is 1. The van der Waals surface area contributed by atoms with Gasteiger partial charge in [0.2, 0.25) is 0 Å². The van der Waals surface area contributed by atoms with Crippen LogP contribution in [-0.2, 0) is 9.47 Å². The van der Waals surface area contributed by atoms with Crippen LogP contribution in [0, 0.1) is 6.92 Å². The molecule has 108 valence electrons. The molecular formula is C14H18N2O4. The summed E-state index contributed by atoms with van der Waals surface area (Å²) in [6.07, 6.45) is -1.27. The molecule has 0 bridgehead atoms. The number of cyclic esters (lactones) is 1. The standard InChI is InChI=1S/C14H18N2O4/c1-3-19-13(17)15-8-12-9-16(14(18)20-12)11-6-4-5-10(2)7-11/h4-7,12H,3,8-9H2,1-2H3,(H,15,17). The molecule has 1 aliphatic rings. The van der Waals surface area contributed by atoms with E-state index in [0.717, 1.165) is 11.3 Å². The Morgan fingerprint density at radius 1 is 1.55 bits per heavy atom. The van der Waals surface area contributed by atoms with Crippen LogP contribution in [0.5, 0.6) is 0 Å². The van der Waals surface area contributed by atoms with E-state index < -0.39 is 12.2 Å². The van der Waals surface area contributed by atoms with Crippen molar-refractivity contribution in [3.63, 3.8) is 0 Å². The molecule has 1 aliphatic heterocycles. The molecule has 20 heavy (non-hydrogen) atoms. The molecule has 1 atom stereocenters. The number of ether oxygens (including phenoxy) is 2. The normalized spacial score (nSPS) is 17.8. The Kier molecular flexibility index (Phi) is 4.45. The van der Waals surface area contributed by atoms with Gasteiger partial charge in [0.15, 0.2) is 0 Å². The Hall–Kier alpha value is -2.24. The predicted molar refractivity (Wildman–Crippen MR) is 73.8 cm³/mol. The van der Waals surface area contributed by atoms with E-state index in [-0.39, 0.29) is 12.6 Å². The zero-order valence-corrected chi connectivity index (χ0v) is 11.6. The highest BCUT2D eigenvalue weighted by molar-refractivity contribution is 5.89. The topological polar surface area (TPSA) is 67.9 Å².